The lowest BCUT2D eigenvalue weighted by molar-refractivity contribution is -0.144. The molecule has 0 spiro atoms. The summed E-state index contributed by atoms with van der Waals surface area (Å²) in [5.41, 5.74) is 0.858. The smallest absolute Gasteiger partial charge is 0.124 e. The molecular formula is C16H28O. The van der Waals surface area contributed by atoms with Gasteiger partial charge in [-0.15, -0.1) is 0 Å². The zero-order chi connectivity index (χ0) is 12.9. The lowest BCUT2D eigenvalue weighted by atomic mass is 9.44. The Morgan fingerprint density at radius 1 is 0.941 bits per heavy atom. The van der Waals surface area contributed by atoms with Gasteiger partial charge in [-0.2, -0.15) is 0 Å². The topological polar surface area (TPSA) is 17.1 Å². The Bertz CT molecular complexity index is 315. The molecule has 0 aromatic rings. The van der Waals surface area contributed by atoms with E-state index in [1.165, 1.54) is 38.4 Å². The molecule has 17 heavy (non-hydrogen) atoms. The molecule has 1 heteroatoms. The third-order valence-corrected chi connectivity index (χ3v) is 6.04. The van der Waals surface area contributed by atoms with Gasteiger partial charge in [0.05, 0.1) is 0 Å². The van der Waals surface area contributed by atoms with Gasteiger partial charge in [-0.1, -0.05) is 41.0 Å². The van der Waals surface area contributed by atoms with Crippen molar-refractivity contribution in [1.29, 1.82) is 0 Å². The molecule has 0 N–H and O–H groups in total. The largest absolute Gasteiger partial charge is 0.303 e. The van der Waals surface area contributed by atoms with Crippen molar-refractivity contribution in [3.8, 4) is 0 Å². The first-order valence-electron chi connectivity index (χ1n) is 7.19. The van der Waals surface area contributed by atoms with Gasteiger partial charge in [-0.05, 0) is 47.8 Å². The van der Waals surface area contributed by atoms with Crippen molar-refractivity contribution in [2.24, 2.45) is 28.1 Å². The highest BCUT2D eigenvalue weighted by atomic mass is 16.1. The summed E-state index contributed by atoms with van der Waals surface area (Å²) >= 11 is 0. The van der Waals surface area contributed by atoms with Crippen LogP contribution in [0.4, 0.5) is 0 Å². The highest BCUT2D eigenvalue weighted by Gasteiger charge is 2.56. The summed E-state index contributed by atoms with van der Waals surface area (Å²) in [5.74, 6) is 0.972. The first kappa shape index (κ1) is 13.1. The van der Waals surface area contributed by atoms with Gasteiger partial charge < -0.3 is 4.79 Å². The molecule has 2 saturated carbocycles. The molecule has 0 heterocycles. The van der Waals surface area contributed by atoms with Gasteiger partial charge in [0.25, 0.3) is 0 Å². The van der Waals surface area contributed by atoms with Crippen molar-refractivity contribution in [2.45, 2.75) is 66.7 Å². The van der Waals surface area contributed by atoms with E-state index in [2.05, 4.69) is 34.6 Å². The van der Waals surface area contributed by atoms with Crippen LogP contribution in [0, 0.1) is 28.1 Å². The Hall–Kier alpha value is -0.330. The van der Waals surface area contributed by atoms with Crippen LogP contribution in [0.5, 0.6) is 0 Å². The minimum absolute atomic E-state index is 0.195. The molecule has 98 valence electrons. The van der Waals surface area contributed by atoms with E-state index in [1.807, 2.05) is 0 Å². The summed E-state index contributed by atoms with van der Waals surface area (Å²) < 4.78 is 0. The zero-order valence-electron chi connectivity index (χ0n) is 12.2. The molecule has 2 aliphatic carbocycles. The highest BCUT2D eigenvalue weighted by Crippen LogP contribution is 2.63. The quantitative estimate of drug-likeness (QED) is 0.615. The molecule has 0 radical (unpaired) electrons. The van der Waals surface area contributed by atoms with Gasteiger partial charge in [0.2, 0.25) is 0 Å². The third kappa shape index (κ3) is 1.86. The summed E-state index contributed by atoms with van der Waals surface area (Å²) in [6.07, 6.45) is 7.65. The number of hydrogen-bond donors (Lipinski definition) is 0. The second-order valence-corrected chi connectivity index (χ2v) is 8.04. The van der Waals surface area contributed by atoms with E-state index in [0.717, 1.165) is 5.92 Å². The molecule has 0 aromatic heterocycles. The van der Waals surface area contributed by atoms with Crippen LogP contribution in [-0.2, 0) is 4.79 Å². The lowest BCUT2D eigenvalue weighted by Crippen LogP contribution is -2.54. The predicted octanol–water partition coefficient (Wildman–Crippen LogP) is 4.45. The standard InChI is InChI=1S/C16H28O/c1-14(2)8-6-9-16(5)12(14)7-10-15(3,4)13(16)11-17/h11-13H,6-10H2,1-5H3/t12-,13?,16?/m0/s1. The van der Waals surface area contributed by atoms with Crippen LogP contribution in [0.1, 0.15) is 66.7 Å². The molecule has 2 unspecified atom stereocenters. The van der Waals surface area contributed by atoms with E-state index in [9.17, 15) is 4.79 Å². The van der Waals surface area contributed by atoms with Crippen molar-refractivity contribution in [2.75, 3.05) is 0 Å². The Balaban J connectivity index is 2.40. The Morgan fingerprint density at radius 2 is 1.59 bits per heavy atom. The first-order valence-corrected chi connectivity index (χ1v) is 7.19. The SMILES string of the molecule is CC1(C)CC[C@H]2C(C)(C)CCCC2(C)C1C=O. The van der Waals surface area contributed by atoms with E-state index in [1.54, 1.807) is 0 Å². The van der Waals surface area contributed by atoms with Crippen LogP contribution in [0.3, 0.4) is 0 Å². The minimum atomic E-state index is 0.195. The van der Waals surface area contributed by atoms with E-state index < -0.39 is 0 Å². The number of rotatable bonds is 1. The Labute approximate surface area is 106 Å². The Kier molecular flexibility index (Phi) is 2.95. The number of carbonyl (C=O) groups excluding carboxylic acids is 1. The molecule has 0 aromatic carbocycles. The fourth-order valence-corrected chi connectivity index (χ4v) is 5.16. The second kappa shape index (κ2) is 3.83. The van der Waals surface area contributed by atoms with Crippen LogP contribution in [0.25, 0.3) is 0 Å². The van der Waals surface area contributed by atoms with Gasteiger partial charge in [-0.3, -0.25) is 0 Å². The maximum absolute atomic E-state index is 11.6. The summed E-state index contributed by atoms with van der Waals surface area (Å²) in [5, 5.41) is 0. The van der Waals surface area contributed by atoms with Crippen molar-refractivity contribution in [3.05, 3.63) is 0 Å². The van der Waals surface area contributed by atoms with Crippen molar-refractivity contribution < 1.29 is 4.79 Å². The van der Waals surface area contributed by atoms with Crippen molar-refractivity contribution in [3.63, 3.8) is 0 Å². The van der Waals surface area contributed by atoms with E-state index in [0.29, 0.717) is 5.41 Å². The summed E-state index contributed by atoms with van der Waals surface area (Å²) in [6.45, 7) is 11.8. The van der Waals surface area contributed by atoms with Crippen LogP contribution >= 0.6 is 0 Å². The van der Waals surface area contributed by atoms with E-state index in [-0.39, 0.29) is 16.7 Å². The maximum Gasteiger partial charge on any atom is 0.124 e. The molecule has 2 aliphatic rings. The van der Waals surface area contributed by atoms with E-state index >= 15 is 0 Å². The molecule has 3 atom stereocenters. The molecule has 0 saturated heterocycles. The monoisotopic (exact) mass is 236 g/mol. The van der Waals surface area contributed by atoms with Gasteiger partial charge >= 0.3 is 0 Å². The molecule has 2 rings (SSSR count). The number of hydrogen-bond acceptors (Lipinski definition) is 1. The molecule has 0 bridgehead atoms. The third-order valence-electron chi connectivity index (χ3n) is 6.04. The number of fused-ring (bicyclic) bond motifs is 1. The normalized spacial score (nSPS) is 43.8. The maximum atomic E-state index is 11.6. The summed E-state index contributed by atoms with van der Waals surface area (Å²) in [7, 11) is 0. The van der Waals surface area contributed by atoms with Crippen molar-refractivity contribution >= 4 is 6.29 Å². The number of carbonyl (C=O) groups is 1. The molecule has 0 aliphatic heterocycles. The highest BCUT2D eigenvalue weighted by molar-refractivity contribution is 5.57. The van der Waals surface area contributed by atoms with Gasteiger partial charge in [0.1, 0.15) is 6.29 Å². The average molecular weight is 236 g/mol. The van der Waals surface area contributed by atoms with Gasteiger partial charge in [-0.25, -0.2) is 0 Å². The minimum Gasteiger partial charge on any atom is -0.303 e. The van der Waals surface area contributed by atoms with Crippen LogP contribution in [0.2, 0.25) is 0 Å². The molecule has 1 nitrogen and oxygen atoms in total. The van der Waals surface area contributed by atoms with Gasteiger partial charge in [0, 0.05) is 5.92 Å². The average Bonchev–Trinajstić information content (AvgIpc) is 2.14. The summed E-state index contributed by atoms with van der Waals surface area (Å²) in [6, 6.07) is 0. The fraction of sp³-hybridized carbons (Fsp3) is 0.938. The second-order valence-electron chi connectivity index (χ2n) is 8.04. The number of aldehydes is 1. The van der Waals surface area contributed by atoms with Gasteiger partial charge in [0.15, 0.2) is 0 Å². The van der Waals surface area contributed by atoms with E-state index in [4.69, 9.17) is 0 Å². The molecular weight excluding hydrogens is 208 g/mol. The Morgan fingerprint density at radius 3 is 2.18 bits per heavy atom. The zero-order valence-corrected chi connectivity index (χ0v) is 12.2. The lowest BCUT2D eigenvalue weighted by Gasteiger charge is -2.60. The van der Waals surface area contributed by atoms with Crippen LogP contribution in [-0.4, -0.2) is 6.29 Å². The first-order chi connectivity index (χ1) is 7.74. The van der Waals surface area contributed by atoms with Crippen LogP contribution < -0.4 is 0 Å². The van der Waals surface area contributed by atoms with Crippen LogP contribution in [0.15, 0.2) is 0 Å². The molecule has 2 fully saturated rings. The fourth-order valence-electron chi connectivity index (χ4n) is 5.16. The molecule has 0 amide bonds. The van der Waals surface area contributed by atoms with Crippen molar-refractivity contribution in [1.82, 2.24) is 0 Å². The summed E-state index contributed by atoms with van der Waals surface area (Å²) in [4.78, 5) is 11.6. The predicted molar refractivity (Wildman–Crippen MR) is 71.8 cm³/mol.